The minimum atomic E-state index is -0.356. The average molecular weight is 1610 g/mol. The van der Waals surface area contributed by atoms with Crippen LogP contribution in [0.3, 0.4) is 0 Å². The largest absolute Gasteiger partial charge is 0.440 e. The van der Waals surface area contributed by atoms with Gasteiger partial charge in [-0.25, -0.2) is 0 Å². The Bertz CT molecular complexity index is 8080. The van der Waals surface area contributed by atoms with E-state index in [2.05, 4.69) is 330 Å². The van der Waals surface area contributed by atoms with Gasteiger partial charge in [-0.1, -0.05) is 236 Å². The summed E-state index contributed by atoms with van der Waals surface area (Å²) >= 11 is 5.90. The van der Waals surface area contributed by atoms with Gasteiger partial charge < -0.3 is 17.8 Å². The van der Waals surface area contributed by atoms with Gasteiger partial charge in [0.15, 0.2) is 0 Å². The second kappa shape index (κ2) is 22.3. The number of aromatic nitrogens is 2. The van der Waals surface area contributed by atoms with Crippen molar-refractivity contribution < 1.29 is 8.83 Å². The fraction of sp³-hybridized carbons (Fsp3) is 0.266. The predicted molar refractivity (Wildman–Crippen MR) is 514 cm³/mol. The third-order valence-corrected chi connectivity index (χ3v) is 35.6. The zero-order chi connectivity index (χ0) is 81.1. The molecule has 12 aromatic carbocycles. The third-order valence-electron chi connectivity index (χ3n) is 32.1. The Hall–Kier alpha value is -10.8. The first-order chi connectivity index (χ1) is 57.6. The Morgan fingerprint density at radius 3 is 1.58 bits per heavy atom. The first kappa shape index (κ1) is 69.9. The molecule has 1 unspecified atom stereocenters. The fourth-order valence-corrected chi connectivity index (χ4v) is 29.5. The molecule has 6 nitrogen and oxygen atoms in total. The van der Waals surface area contributed by atoms with E-state index in [1.807, 2.05) is 34.0 Å². The molecule has 0 saturated heterocycles. The minimum absolute atomic E-state index is 0.0262. The first-order valence-corrected chi connectivity index (χ1v) is 46.3. The molecule has 4 aliphatic heterocycles. The molecule has 1 atom stereocenters. The molecule has 0 N–H and O–H groups in total. The highest BCUT2D eigenvalue weighted by molar-refractivity contribution is 7.28. The molecule has 120 heavy (non-hydrogen) atoms. The molecule has 0 radical (unpaired) electrons. The lowest BCUT2D eigenvalue weighted by Gasteiger charge is -2.48. The van der Waals surface area contributed by atoms with Crippen LogP contribution in [-0.4, -0.2) is 22.7 Å². The van der Waals surface area contributed by atoms with Crippen molar-refractivity contribution in [1.29, 1.82) is 0 Å². The lowest BCUT2D eigenvalue weighted by Crippen LogP contribution is -2.57. The van der Waals surface area contributed by atoms with E-state index in [9.17, 15) is 0 Å². The highest BCUT2D eigenvalue weighted by Gasteiger charge is 2.55. The Labute approximate surface area is 712 Å². The van der Waals surface area contributed by atoms with Crippen molar-refractivity contribution in [2.24, 2.45) is 0 Å². The van der Waals surface area contributed by atoms with E-state index in [0.29, 0.717) is 0 Å². The Morgan fingerprint density at radius 2 is 0.883 bits per heavy atom. The Kier molecular flexibility index (Phi) is 13.0. The summed E-state index contributed by atoms with van der Waals surface area (Å²) in [5.41, 5.74) is 38.3. The maximum atomic E-state index is 8.22. The summed E-state index contributed by atoms with van der Waals surface area (Å²) in [5.74, 6) is 2.02. The molecule has 27 rings (SSSR count). The highest BCUT2D eigenvalue weighted by atomic mass is 32.1. The summed E-state index contributed by atoms with van der Waals surface area (Å²) in [5, 5.41) is 11.6. The molecular formula is C109H92B2N4O2S3. The maximum absolute atomic E-state index is 8.22. The molecule has 4 aliphatic carbocycles. The molecule has 0 amide bonds. The van der Waals surface area contributed by atoms with Crippen LogP contribution in [0.1, 0.15) is 196 Å². The number of fused-ring (bicyclic) bond motifs is 33. The van der Waals surface area contributed by atoms with Gasteiger partial charge in [0.25, 0.3) is 0 Å². The standard InChI is InChI=1S/C109H92B2N4O2S3/c1-55-45-73-75(105(7,8)43-41-103(73,3)4)51-80(55)112-96-88-67(58-27-17-21-35-72(58)109(88,15)16)48-68-61-32-26-34-66-94(61)114(95-64-30-20-24-38-85(64)118-98(66)95)110(89(68)96)92-71-50-78-77(53-83(71)117-101(92)112)107(11,12)54-79(108(78,13)14)57-39-40-59-70-49-69-60-31-25-33-65-87-63-29-19-23-37-84(63)120-102(87)115(93(60)65)111-90(69)97(99(70)119-86(59)47-57)113(100-91(111)62-28-18-22-36-82(62)116-100)81-52-76-74(46-56(81)2)104(5,6)42-44-106(76,9)10/h17-40,45-53,79H,41-44,54H2,1-16H3. The fourth-order valence-electron chi connectivity index (χ4n) is 25.7. The van der Waals surface area contributed by atoms with Crippen molar-refractivity contribution in [2.75, 3.05) is 9.80 Å². The highest BCUT2D eigenvalue weighted by Crippen LogP contribution is 2.64. The van der Waals surface area contributed by atoms with E-state index in [1.165, 1.54) is 233 Å². The maximum Gasteiger partial charge on any atom is 0.337 e. The first-order valence-electron chi connectivity index (χ1n) is 43.9. The molecule has 8 aliphatic rings. The van der Waals surface area contributed by atoms with Crippen LogP contribution < -0.4 is 31.7 Å². The average Bonchev–Trinajstić information content (AvgIpc) is 1.48. The van der Waals surface area contributed by atoms with Gasteiger partial charge in [-0.3, -0.25) is 9.80 Å². The Morgan fingerprint density at radius 1 is 0.350 bits per heavy atom. The van der Waals surface area contributed by atoms with Crippen molar-refractivity contribution in [1.82, 2.24) is 8.96 Å². The van der Waals surface area contributed by atoms with Gasteiger partial charge in [-0.2, -0.15) is 0 Å². The normalized spacial score (nSPS) is 19.0. The van der Waals surface area contributed by atoms with Gasteiger partial charge in [0, 0.05) is 101 Å². The molecule has 11 heterocycles. The SMILES string of the molecule is Cc1cc2c(cc1N1c3oc4cc5c(cc4c3B3c4c(cc6c(c41)C(C)(C)c1ccccc1-6)-c1cccc4c6sc7ccccc7c6n3c14)C(C)(C)C(c1ccc3c(c1)sc1c4c6c(cc13)-c1cccc3c7c8ccccc8sc7n(c13)B6c1c(oc3ccccc13)N4c1cc3c(cc1C)C(C)(C)CCC3(C)C)CC5(C)C)C(C)(C)CCC2(C)C. The van der Waals surface area contributed by atoms with Gasteiger partial charge in [0.2, 0.25) is 11.8 Å². The van der Waals surface area contributed by atoms with Crippen LogP contribution in [0.25, 0.3) is 138 Å². The zero-order valence-electron chi connectivity index (χ0n) is 71.2. The number of hydrogen-bond donors (Lipinski definition) is 0. The number of benzene rings is 12. The van der Waals surface area contributed by atoms with Crippen molar-refractivity contribution in [3.63, 3.8) is 0 Å². The molecule has 19 aromatic rings. The van der Waals surface area contributed by atoms with Crippen LogP contribution in [-0.2, 0) is 37.9 Å². The summed E-state index contributed by atoms with van der Waals surface area (Å²) in [6.45, 7) is 39.4. The van der Waals surface area contributed by atoms with E-state index in [4.69, 9.17) is 8.83 Å². The molecule has 0 fully saturated rings. The Balaban J connectivity index is 0.700. The van der Waals surface area contributed by atoms with Crippen LogP contribution in [0.15, 0.2) is 209 Å². The van der Waals surface area contributed by atoms with Crippen molar-refractivity contribution in [2.45, 2.75) is 187 Å². The van der Waals surface area contributed by atoms with E-state index in [0.717, 1.165) is 55.0 Å². The number of para-hydroxylation sites is 3. The molecule has 584 valence electrons. The smallest absolute Gasteiger partial charge is 0.337 e. The van der Waals surface area contributed by atoms with Gasteiger partial charge in [-0.15, -0.1) is 34.0 Å². The summed E-state index contributed by atoms with van der Waals surface area (Å²) in [4.78, 5) is 6.66. The molecule has 0 spiro atoms. The molecule has 0 bridgehead atoms. The van der Waals surface area contributed by atoms with Crippen molar-refractivity contribution >= 4 is 209 Å². The molecule has 11 heteroatoms. The summed E-state index contributed by atoms with van der Waals surface area (Å²) < 4.78 is 28.1. The number of thiophene rings is 3. The number of rotatable bonds is 3. The second-order valence-corrected chi connectivity index (χ2v) is 44.8. The van der Waals surface area contributed by atoms with E-state index in [1.54, 1.807) is 0 Å². The van der Waals surface area contributed by atoms with Crippen molar-refractivity contribution in [3.05, 3.63) is 261 Å². The number of furan rings is 2. The minimum Gasteiger partial charge on any atom is -0.440 e. The van der Waals surface area contributed by atoms with E-state index in [-0.39, 0.29) is 57.5 Å². The van der Waals surface area contributed by atoms with Crippen LogP contribution >= 0.6 is 34.0 Å². The summed E-state index contributed by atoms with van der Waals surface area (Å²) in [7, 11) is 0. The van der Waals surface area contributed by atoms with Gasteiger partial charge in [0.1, 0.15) is 11.2 Å². The van der Waals surface area contributed by atoms with Gasteiger partial charge in [0.05, 0.1) is 42.5 Å². The van der Waals surface area contributed by atoms with Crippen molar-refractivity contribution in [3.8, 4) is 33.4 Å². The summed E-state index contributed by atoms with van der Waals surface area (Å²) in [6, 6.07) is 79.5. The van der Waals surface area contributed by atoms with E-state index < -0.39 is 0 Å². The topological polar surface area (TPSA) is 42.6 Å². The molecule has 7 aromatic heterocycles. The number of anilines is 6. The monoisotopic (exact) mass is 1610 g/mol. The number of aryl methyl sites for hydroxylation is 2. The summed E-state index contributed by atoms with van der Waals surface area (Å²) in [6.07, 6.45) is 5.52. The van der Waals surface area contributed by atoms with Crippen LogP contribution in [0.4, 0.5) is 34.5 Å². The number of nitrogens with zero attached hydrogens (tertiary/aromatic N) is 4. The second-order valence-electron chi connectivity index (χ2n) is 41.7. The third kappa shape index (κ3) is 8.41. The van der Waals surface area contributed by atoms with Crippen LogP contribution in [0.2, 0.25) is 0 Å². The van der Waals surface area contributed by atoms with E-state index >= 15 is 0 Å². The van der Waals surface area contributed by atoms with Crippen LogP contribution in [0.5, 0.6) is 0 Å². The molecular weight excluding hydrogens is 1520 g/mol. The number of hydrogen-bond acceptors (Lipinski definition) is 7. The van der Waals surface area contributed by atoms with Gasteiger partial charge >= 0.3 is 13.7 Å². The van der Waals surface area contributed by atoms with Crippen LogP contribution in [0, 0.1) is 13.8 Å². The zero-order valence-corrected chi connectivity index (χ0v) is 73.6. The lowest BCUT2D eigenvalue weighted by atomic mass is 9.44. The molecule has 0 saturated carbocycles. The predicted octanol–water partition coefficient (Wildman–Crippen LogP) is 28.4. The van der Waals surface area contributed by atoms with Gasteiger partial charge in [-0.05, 0) is 239 Å². The lowest BCUT2D eigenvalue weighted by molar-refractivity contribution is 0.283. The quantitative estimate of drug-likeness (QED) is 0.165.